The van der Waals surface area contributed by atoms with Gasteiger partial charge in [0.1, 0.15) is 5.75 Å². The van der Waals surface area contributed by atoms with Gasteiger partial charge in [0.25, 0.3) is 0 Å². The summed E-state index contributed by atoms with van der Waals surface area (Å²) < 4.78 is 27.9. The van der Waals surface area contributed by atoms with E-state index in [1.165, 1.54) is 25.3 Å². The summed E-state index contributed by atoms with van der Waals surface area (Å²) in [6.45, 7) is -0.227. The van der Waals surface area contributed by atoms with Crippen molar-refractivity contribution in [3.63, 3.8) is 0 Å². The lowest BCUT2D eigenvalue weighted by Crippen LogP contribution is -2.17. The van der Waals surface area contributed by atoms with Crippen LogP contribution in [0.15, 0.2) is 23.1 Å². The minimum absolute atomic E-state index is 0.0534. The molecule has 0 radical (unpaired) electrons. The van der Waals surface area contributed by atoms with Gasteiger partial charge < -0.3 is 10.5 Å². The molecule has 0 bridgehead atoms. The van der Waals surface area contributed by atoms with Crippen molar-refractivity contribution in [1.82, 2.24) is 0 Å². The smallest absolute Gasteiger partial charge is 0.177 e. The molecule has 1 aromatic carbocycles. The highest BCUT2D eigenvalue weighted by Crippen LogP contribution is 2.22. The molecule has 0 aliphatic rings. The number of rotatable bonds is 4. The fraction of sp³-hybridized carbons (Fsp3) is 0.300. The normalized spacial score (nSPS) is 11.2. The van der Waals surface area contributed by atoms with Gasteiger partial charge in [-0.15, -0.1) is 0 Å². The fourth-order valence-corrected chi connectivity index (χ4v) is 2.19. The molecule has 1 aromatic rings. The largest absolute Gasteiger partial charge is 0.497 e. The number of ether oxygens (including phenoxy) is 1. The van der Waals surface area contributed by atoms with Crippen LogP contribution >= 0.6 is 0 Å². The summed E-state index contributed by atoms with van der Waals surface area (Å²) in [5, 5.41) is 0. The number of benzene rings is 1. The van der Waals surface area contributed by atoms with E-state index in [0.717, 1.165) is 6.26 Å². The molecule has 5 nitrogen and oxygen atoms in total. The van der Waals surface area contributed by atoms with Gasteiger partial charge >= 0.3 is 0 Å². The molecular weight excluding hydrogens is 230 g/mol. The first-order chi connectivity index (χ1) is 7.40. The van der Waals surface area contributed by atoms with Gasteiger partial charge in [0.15, 0.2) is 15.6 Å². The van der Waals surface area contributed by atoms with Crippen LogP contribution in [0.2, 0.25) is 0 Å². The van der Waals surface area contributed by atoms with Gasteiger partial charge in [0.05, 0.1) is 18.6 Å². The summed E-state index contributed by atoms with van der Waals surface area (Å²) in [6.07, 6.45) is 1.04. The molecule has 88 valence electrons. The first kappa shape index (κ1) is 12.7. The number of methoxy groups -OCH3 is 1. The molecule has 0 spiro atoms. The van der Waals surface area contributed by atoms with E-state index in [1.807, 2.05) is 0 Å². The lowest BCUT2D eigenvalue weighted by Gasteiger charge is -2.08. The first-order valence-electron chi connectivity index (χ1n) is 4.51. The zero-order valence-corrected chi connectivity index (χ0v) is 9.87. The number of hydrogen-bond donors (Lipinski definition) is 1. The van der Waals surface area contributed by atoms with Gasteiger partial charge in [0, 0.05) is 11.8 Å². The Hall–Kier alpha value is -1.40. The van der Waals surface area contributed by atoms with Crippen LogP contribution in [0.5, 0.6) is 5.75 Å². The Balaban J connectivity index is 3.45. The zero-order valence-electron chi connectivity index (χ0n) is 9.06. The third-order valence-corrected chi connectivity index (χ3v) is 3.21. The average Bonchev–Trinajstić information content (AvgIpc) is 2.26. The van der Waals surface area contributed by atoms with E-state index in [2.05, 4.69) is 0 Å². The Morgan fingerprint density at radius 3 is 2.50 bits per heavy atom. The van der Waals surface area contributed by atoms with E-state index in [-0.39, 0.29) is 17.0 Å². The van der Waals surface area contributed by atoms with Crippen molar-refractivity contribution in [2.75, 3.05) is 19.9 Å². The lowest BCUT2D eigenvalue weighted by atomic mass is 10.1. The van der Waals surface area contributed by atoms with Crippen molar-refractivity contribution in [3.8, 4) is 5.75 Å². The van der Waals surface area contributed by atoms with Gasteiger partial charge in [-0.2, -0.15) is 0 Å². The standard InChI is InChI=1S/C10H13NO4S/c1-15-7-3-4-8(9(12)6-11)10(5-7)16(2,13)14/h3-5H,6,11H2,1-2H3. The minimum Gasteiger partial charge on any atom is -0.497 e. The second-order valence-electron chi connectivity index (χ2n) is 3.26. The number of hydrogen-bond acceptors (Lipinski definition) is 5. The van der Waals surface area contributed by atoms with Crippen LogP contribution in [0.25, 0.3) is 0 Å². The molecule has 0 unspecified atom stereocenters. The maximum absolute atomic E-state index is 11.5. The fourth-order valence-electron chi connectivity index (χ4n) is 1.28. The summed E-state index contributed by atoms with van der Waals surface area (Å²) in [5.41, 5.74) is 5.31. The second kappa shape index (κ2) is 4.63. The van der Waals surface area contributed by atoms with Crippen molar-refractivity contribution in [2.24, 2.45) is 5.73 Å². The number of carbonyl (C=O) groups excluding carboxylic acids is 1. The Morgan fingerprint density at radius 2 is 2.06 bits per heavy atom. The topological polar surface area (TPSA) is 86.5 Å². The molecule has 0 saturated heterocycles. The van der Waals surface area contributed by atoms with Gasteiger partial charge in [0.2, 0.25) is 0 Å². The van der Waals surface area contributed by atoms with E-state index in [1.54, 1.807) is 0 Å². The highest BCUT2D eigenvalue weighted by Gasteiger charge is 2.18. The van der Waals surface area contributed by atoms with Gasteiger partial charge in [-0.05, 0) is 18.2 Å². The Labute approximate surface area is 94.1 Å². The molecule has 0 amide bonds. The van der Waals surface area contributed by atoms with Gasteiger partial charge in [-0.3, -0.25) is 4.79 Å². The predicted octanol–water partition coefficient (Wildman–Crippen LogP) is 0.240. The average molecular weight is 243 g/mol. The van der Waals surface area contributed by atoms with Crippen LogP contribution in [0.4, 0.5) is 0 Å². The number of ketones is 1. The maximum atomic E-state index is 11.5. The molecule has 2 N–H and O–H groups in total. The Bertz CT molecular complexity index is 508. The third kappa shape index (κ3) is 2.59. The monoisotopic (exact) mass is 243 g/mol. The van der Waals surface area contributed by atoms with Crippen molar-refractivity contribution in [2.45, 2.75) is 4.90 Å². The number of nitrogens with two attached hydrogens (primary N) is 1. The predicted molar refractivity (Wildman–Crippen MR) is 59.5 cm³/mol. The molecule has 6 heteroatoms. The molecular formula is C10H13NO4S. The van der Waals surface area contributed by atoms with E-state index in [9.17, 15) is 13.2 Å². The molecule has 16 heavy (non-hydrogen) atoms. The molecule has 0 saturated carbocycles. The van der Waals surface area contributed by atoms with Crippen LogP contribution in [-0.2, 0) is 9.84 Å². The van der Waals surface area contributed by atoms with Crippen LogP contribution in [-0.4, -0.2) is 34.1 Å². The quantitative estimate of drug-likeness (QED) is 0.765. The molecule has 0 atom stereocenters. The molecule has 0 aliphatic carbocycles. The van der Waals surface area contributed by atoms with Crippen molar-refractivity contribution in [1.29, 1.82) is 0 Å². The first-order valence-corrected chi connectivity index (χ1v) is 6.40. The Morgan fingerprint density at radius 1 is 1.44 bits per heavy atom. The lowest BCUT2D eigenvalue weighted by molar-refractivity contribution is 0.0998. The summed E-state index contributed by atoms with van der Waals surface area (Å²) >= 11 is 0. The van der Waals surface area contributed by atoms with E-state index in [0.29, 0.717) is 5.75 Å². The van der Waals surface area contributed by atoms with Crippen LogP contribution in [0.1, 0.15) is 10.4 Å². The second-order valence-corrected chi connectivity index (χ2v) is 5.25. The van der Waals surface area contributed by atoms with Crippen LogP contribution < -0.4 is 10.5 Å². The van der Waals surface area contributed by atoms with Crippen molar-refractivity contribution in [3.05, 3.63) is 23.8 Å². The summed E-state index contributed by atoms with van der Waals surface area (Å²) in [5.74, 6) is -0.0305. The molecule has 0 fully saturated rings. The summed E-state index contributed by atoms with van der Waals surface area (Å²) in [4.78, 5) is 11.4. The van der Waals surface area contributed by atoms with E-state index in [4.69, 9.17) is 10.5 Å². The molecule has 1 rings (SSSR count). The van der Waals surface area contributed by atoms with Crippen LogP contribution in [0, 0.1) is 0 Å². The van der Waals surface area contributed by atoms with E-state index < -0.39 is 15.6 Å². The van der Waals surface area contributed by atoms with E-state index >= 15 is 0 Å². The zero-order chi connectivity index (χ0) is 12.3. The molecule has 0 heterocycles. The highest BCUT2D eigenvalue weighted by atomic mass is 32.2. The SMILES string of the molecule is COc1ccc(C(=O)CN)c(S(C)(=O)=O)c1. The maximum Gasteiger partial charge on any atom is 0.177 e. The highest BCUT2D eigenvalue weighted by molar-refractivity contribution is 7.90. The van der Waals surface area contributed by atoms with Crippen molar-refractivity contribution < 1.29 is 17.9 Å². The van der Waals surface area contributed by atoms with Gasteiger partial charge in [-0.25, -0.2) is 8.42 Å². The molecule has 0 aromatic heterocycles. The number of sulfone groups is 1. The number of Topliss-reactive ketones (excluding diaryl/α,β-unsaturated/α-hetero) is 1. The summed E-state index contributed by atoms with van der Waals surface area (Å²) in [6, 6.07) is 4.25. The Kier molecular flexibility index (Phi) is 3.66. The molecule has 0 aliphatic heterocycles. The van der Waals surface area contributed by atoms with Crippen LogP contribution in [0.3, 0.4) is 0 Å². The minimum atomic E-state index is -3.48. The number of carbonyl (C=O) groups is 1. The summed E-state index contributed by atoms with van der Waals surface area (Å²) in [7, 11) is -2.06. The van der Waals surface area contributed by atoms with Crippen molar-refractivity contribution >= 4 is 15.6 Å². The third-order valence-electron chi connectivity index (χ3n) is 2.07. The van der Waals surface area contributed by atoms with Gasteiger partial charge in [-0.1, -0.05) is 0 Å².